The standard InChI is InChI=1S/C21H22ClN3O9/c1-11(20(27)24-15-6-5-13(25(29)30)9-14(15)22)34-18(26)10-23-21(28)12-7-16(31-2)19(33-4)17(8-12)32-3/h5-9,11H,10H2,1-4H3,(H,23,28)(H,24,27). The van der Waals surface area contributed by atoms with Crippen LogP contribution >= 0.6 is 11.6 Å². The summed E-state index contributed by atoms with van der Waals surface area (Å²) in [6.07, 6.45) is -1.24. The number of benzene rings is 2. The van der Waals surface area contributed by atoms with Crippen LogP contribution in [-0.4, -0.2) is 56.7 Å². The zero-order valence-corrected chi connectivity index (χ0v) is 19.4. The number of nitrogens with zero attached hydrogens (tertiary/aromatic N) is 1. The molecule has 1 unspecified atom stereocenters. The second-order valence-corrected chi connectivity index (χ2v) is 7.05. The molecule has 2 amide bonds. The minimum atomic E-state index is -1.24. The number of non-ortho nitro benzene ring substituents is 1. The van der Waals surface area contributed by atoms with Gasteiger partial charge in [-0.3, -0.25) is 24.5 Å². The number of methoxy groups -OCH3 is 3. The van der Waals surface area contributed by atoms with Crippen molar-refractivity contribution in [3.63, 3.8) is 0 Å². The number of hydrogen-bond donors (Lipinski definition) is 2. The Morgan fingerprint density at radius 2 is 1.68 bits per heavy atom. The molecule has 1 atom stereocenters. The third-order valence-corrected chi connectivity index (χ3v) is 4.73. The number of nitrogens with one attached hydrogen (secondary N) is 2. The molecule has 0 saturated carbocycles. The highest BCUT2D eigenvalue weighted by molar-refractivity contribution is 6.34. The maximum absolute atomic E-state index is 12.4. The molecule has 2 aromatic rings. The molecule has 34 heavy (non-hydrogen) atoms. The predicted octanol–water partition coefficient (Wildman–Crippen LogP) is 2.57. The van der Waals surface area contributed by atoms with Crippen LogP contribution in [-0.2, 0) is 14.3 Å². The van der Waals surface area contributed by atoms with E-state index < -0.39 is 35.4 Å². The van der Waals surface area contributed by atoms with Crippen LogP contribution < -0.4 is 24.8 Å². The van der Waals surface area contributed by atoms with Crippen molar-refractivity contribution >= 4 is 40.8 Å². The van der Waals surface area contributed by atoms with E-state index in [1.807, 2.05) is 0 Å². The molecule has 0 aliphatic heterocycles. The Labute approximate surface area is 199 Å². The molecule has 12 nitrogen and oxygen atoms in total. The lowest BCUT2D eigenvalue weighted by Crippen LogP contribution is -2.35. The van der Waals surface area contributed by atoms with E-state index in [1.54, 1.807) is 0 Å². The normalized spacial score (nSPS) is 11.1. The maximum atomic E-state index is 12.4. The Morgan fingerprint density at radius 1 is 1.06 bits per heavy atom. The lowest BCUT2D eigenvalue weighted by molar-refractivity contribution is -0.384. The average molecular weight is 496 g/mol. The molecule has 2 rings (SSSR count). The molecule has 0 aliphatic carbocycles. The van der Waals surface area contributed by atoms with Gasteiger partial charge >= 0.3 is 5.97 Å². The van der Waals surface area contributed by atoms with Gasteiger partial charge in [0.25, 0.3) is 17.5 Å². The molecule has 182 valence electrons. The van der Waals surface area contributed by atoms with Gasteiger partial charge in [-0.25, -0.2) is 0 Å². The van der Waals surface area contributed by atoms with Gasteiger partial charge in [-0.15, -0.1) is 0 Å². The van der Waals surface area contributed by atoms with Gasteiger partial charge in [0.1, 0.15) is 6.54 Å². The number of hydrogen-bond acceptors (Lipinski definition) is 9. The summed E-state index contributed by atoms with van der Waals surface area (Å²) in [7, 11) is 4.21. The minimum Gasteiger partial charge on any atom is -0.493 e. The van der Waals surface area contributed by atoms with E-state index in [2.05, 4.69) is 10.6 Å². The molecule has 0 saturated heterocycles. The van der Waals surface area contributed by atoms with E-state index in [1.165, 1.54) is 46.5 Å². The highest BCUT2D eigenvalue weighted by Gasteiger charge is 2.21. The SMILES string of the molecule is COc1cc(C(=O)NCC(=O)OC(C)C(=O)Nc2ccc([N+](=O)[O-])cc2Cl)cc(OC)c1OC. The molecule has 13 heteroatoms. The summed E-state index contributed by atoms with van der Waals surface area (Å²) >= 11 is 5.93. The Balaban J connectivity index is 1.95. The smallest absolute Gasteiger partial charge is 0.326 e. The summed E-state index contributed by atoms with van der Waals surface area (Å²) in [5.41, 5.74) is 0.00194. The van der Waals surface area contributed by atoms with Crippen molar-refractivity contribution in [2.24, 2.45) is 0 Å². The van der Waals surface area contributed by atoms with Crippen molar-refractivity contribution in [2.45, 2.75) is 13.0 Å². The Hall–Kier alpha value is -4.06. The first-order valence-electron chi connectivity index (χ1n) is 9.63. The van der Waals surface area contributed by atoms with E-state index in [0.717, 1.165) is 12.1 Å². The first-order valence-corrected chi connectivity index (χ1v) is 10.0. The number of halogens is 1. The van der Waals surface area contributed by atoms with E-state index in [9.17, 15) is 24.5 Å². The van der Waals surface area contributed by atoms with E-state index >= 15 is 0 Å². The molecule has 0 radical (unpaired) electrons. The van der Waals surface area contributed by atoms with Crippen molar-refractivity contribution in [3.05, 3.63) is 51.0 Å². The third-order valence-electron chi connectivity index (χ3n) is 4.42. The quantitative estimate of drug-likeness (QED) is 0.287. The summed E-state index contributed by atoms with van der Waals surface area (Å²) in [6, 6.07) is 6.31. The summed E-state index contributed by atoms with van der Waals surface area (Å²) in [4.78, 5) is 46.9. The van der Waals surface area contributed by atoms with Crippen LogP contribution in [0, 0.1) is 10.1 Å². The third kappa shape index (κ3) is 6.48. The summed E-state index contributed by atoms with van der Waals surface area (Å²) in [5.74, 6) is -1.41. The molecule has 2 N–H and O–H groups in total. The van der Waals surface area contributed by atoms with Gasteiger partial charge in [-0.05, 0) is 25.1 Å². The molecular formula is C21H22ClN3O9. The van der Waals surface area contributed by atoms with Crippen LogP contribution in [0.3, 0.4) is 0 Å². The Kier molecular flexibility index (Phi) is 9.01. The fourth-order valence-corrected chi connectivity index (χ4v) is 2.93. The molecule has 0 aliphatic rings. The lowest BCUT2D eigenvalue weighted by atomic mass is 10.1. The molecular weight excluding hydrogens is 474 g/mol. The topological polar surface area (TPSA) is 155 Å². The molecule has 0 spiro atoms. The number of anilines is 1. The first kappa shape index (κ1) is 26.2. The van der Waals surface area contributed by atoms with E-state index in [0.29, 0.717) is 5.75 Å². The van der Waals surface area contributed by atoms with Crippen molar-refractivity contribution in [1.82, 2.24) is 5.32 Å². The summed E-state index contributed by atoms with van der Waals surface area (Å²) in [5, 5.41) is 15.5. The van der Waals surface area contributed by atoms with Crippen LogP contribution in [0.15, 0.2) is 30.3 Å². The predicted molar refractivity (Wildman–Crippen MR) is 121 cm³/mol. The number of rotatable bonds is 10. The van der Waals surface area contributed by atoms with Gasteiger partial charge in [0.05, 0.1) is 37.0 Å². The zero-order valence-electron chi connectivity index (χ0n) is 18.7. The van der Waals surface area contributed by atoms with Gasteiger partial charge in [0.15, 0.2) is 17.6 Å². The Bertz CT molecular complexity index is 1080. The second kappa shape index (κ2) is 11.7. The summed E-state index contributed by atoms with van der Waals surface area (Å²) in [6.45, 7) is 0.791. The van der Waals surface area contributed by atoms with E-state index in [-0.39, 0.29) is 33.5 Å². The van der Waals surface area contributed by atoms with Crippen molar-refractivity contribution in [1.29, 1.82) is 0 Å². The van der Waals surface area contributed by atoms with Crippen LogP contribution in [0.4, 0.5) is 11.4 Å². The van der Waals surface area contributed by atoms with Gasteiger partial charge in [0, 0.05) is 17.7 Å². The minimum absolute atomic E-state index is 0.0568. The van der Waals surface area contributed by atoms with Crippen LogP contribution in [0.2, 0.25) is 5.02 Å². The second-order valence-electron chi connectivity index (χ2n) is 6.64. The van der Waals surface area contributed by atoms with E-state index in [4.69, 9.17) is 30.5 Å². The van der Waals surface area contributed by atoms with Crippen molar-refractivity contribution in [3.8, 4) is 17.2 Å². The number of ether oxygens (including phenoxy) is 4. The van der Waals surface area contributed by atoms with Crippen LogP contribution in [0.1, 0.15) is 17.3 Å². The molecule has 0 aromatic heterocycles. The fourth-order valence-electron chi connectivity index (χ4n) is 2.71. The van der Waals surface area contributed by atoms with Crippen LogP contribution in [0.5, 0.6) is 17.2 Å². The van der Waals surface area contributed by atoms with Gasteiger partial charge in [-0.2, -0.15) is 0 Å². The number of amides is 2. The number of carbonyl (C=O) groups is 3. The van der Waals surface area contributed by atoms with Gasteiger partial charge < -0.3 is 29.6 Å². The number of nitro groups is 1. The lowest BCUT2D eigenvalue weighted by Gasteiger charge is -2.15. The number of carbonyl (C=O) groups excluding carboxylic acids is 3. The van der Waals surface area contributed by atoms with Gasteiger partial charge in [-0.1, -0.05) is 11.6 Å². The zero-order chi connectivity index (χ0) is 25.4. The van der Waals surface area contributed by atoms with Crippen LogP contribution in [0.25, 0.3) is 0 Å². The first-order chi connectivity index (χ1) is 16.1. The van der Waals surface area contributed by atoms with Crippen molar-refractivity contribution < 1.29 is 38.3 Å². The van der Waals surface area contributed by atoms with Crippen molar-refractivity contribution in [2.75, 3.05) is 33.2 Å². The number of esters is 1. The Morgan fingerprint density at radius 3 is 2.18 bits per heavy atom. The summed E-state index contributed by atoms with van der Waals surface area (Å²) < 4.78 is 20.6. The highest BCUT2D eigenvalue weighted by Crippen LogP contribution is 2.38. The number of nitro benzene ring substituents is 1. The molecule has 0 bridgehead atoms. The van der Waals surface area contributed by atoms with Gasteiger partial charge in [0.2, 0.25) is 5.75 Å². The molecule has 0 heterocycles. The highest BCUT2D eigenvalue weighted by atomic mass is 35.5. The average Bonchev–Trinajstić information content (AvgIpc) is 2.82. The maximum Gasteiger partial charge on any atom is 0.326 e. The molecule has 0 fully saturated rings. The fraction of sp³-hybridized carbons (Fsp3) is 0.286. The monoisotopic (exact) mass is 495 g/mol. The largest absolute Gasteiger partial charge is 0.493 e. The molecule has 2 aromatic carbocycles.